The van der Waals surface area contributed by atoms with E-state index in [4.69, 9.17) is 5.73 Å². The Hall–Kier alpha value is -1.09. The van der Waals surface area contributed by atoms with Gasteiger partial charge >= 0.3 is 0 Å². The first kappa shape index (κ1) is 8.51. The molecule has 13 heavy (non-hydrogen) atoms. The van der Waals surface area contributed by atoms with Gasteiger partial charge < -0.3 is 5.73 Å². The van der Waals surface area contributed by atoms with Crippen molar-refractivity contribution in [3.05, 3.63) is 23.3 Å². The first-order valence-electron chi connectivity index (χ1n) is 4.36. The van der Waals surface area contributed by atoms with E-state index in [1.165, 1.54) is 15.8 Å². The zero-order chi connectivity index (χ0) is 9.42. The number of anilines is 1. The Labute approximate surface area is 81.4 Å². The van der Waals surface area contributed by atoms with Crippen molar-refractivity contribution in [2.45, 2.75) is 20.3 Å². The number of thiazole rings is 1. The van der Waals surface area contributed by atoms with Crippen LogP contribution in [0.4, 0.5) is 5.13 Å². The average Bonchev–Trinajstić information content (AvgIpc) is 2.46. The van der Waals surface area contributed by atoms with Gasteiger partial charge in [-0.1, -0.05) is 24.3 Å². The van der Waals surface area contributed by atoms with Crippen molar-refractivity contribution in [2.24, 2.45) is 0 Å². The number of benzene rings is 1. The van der Waals surface area contributed by atoms with Gasteiger partial charge in [-0.3, -0.25) is 0 Å². The molecule has 1 aromatic heterocycles. The molecule has 1 aromatic carbocycles. The van der Waals surface area contributed by atoms with E-state index >= 15 is 0 Å². The minimum absolute atomic E-state index is 0.659. The minimum Gasteiger partial charge on any atom is -0.375 e. The number of nitrogen functional groups attached to an aromatic ring is 1. The summed E-state index contributed by atoms with van der Waals surface area (Å²) in [4.78, 5) is 4.28. The van der Waals surface area contributed by atoms with Gasteiger partial charge in [0.05, 0.1) is 10.2 Å². The number of rotatable bonds is 1. The monoisotopic (exact) mass is 192 g/mol. The molecule has 0 fully saturated rings. The van der Waals surface area contributed by atoms with Gasteiger partial charge in [-0.25, -0.2) is 4.98 Å². The van der Waals surface area contributed by atoms with Crippen LogP contribution in [-0.4, -0.2) is 4.98 Å². The molecule has 0 spiro atoms. The Morgan fingerprint density at radius 2 is 2.23 bits per heavy atom. The Bertz CT molecular complexity index is 445. The SMILES string of the molecule is CCc1cc(C)c2nc(N)sc2c1. The first-order valence-corrected chi connectivity index (χ1v) is 5.18. The van der Waals surface area contributed by atoms with Crippen LogP contribution in [0.3, 0.4) is 0 Å². The third-order valence-corrected chi connectivity index (χ3v) is 3.00. The Morgan fingerprint density at radius 1 is 1.46 bits per heavy atom. The van der Waals surface area contributed by atoms with Crippen molar-refractivity contribution in [1.82, 2.24) is 4.98 Å². The summed E-state index contributed by atoms with van der Waals surface area (Å²) in [6.45, 7) is 4.24. The summed E-state index contributed by atoms with van der Waals surface area (Å²) < 4.78 is 1.20. The van der Waals surface area contributed by atoms with Crippen LogP contribution in [0, 0.1) is 6.92 Å². The third-order valence-electron chi connectivity index (χ3n) is 2.17. The zero-order valence-corrected chi connectivity index (χ0v) is 8.61. The maximum atomic E-state index is 5.66. The lowest BCUT2D eigenvalue weighted by Crippen LogP contribution is -1.84. The van der Waals surface area contributed by atoms with Crippen LogP contribution < -0.4 is 5.73 Å². The van der Waals surface area contributed by atoms with Crippen LogP contribution in [0.2, 0.25) is 0 Å². The molecule has 0 aliphatic rings. The van der Waals surface area contributed by atoms with Gasteiger partial charge in [0.25, 0.3) is 0 Å². The van der Waals surface area contributed by atoms with Crippen LogP contribution in [0.15, 0.2) is 12.1 Å². The number of nitrogens with zero attached hydrogens (tertiary/aromatic N) is 1. The molecule has 2 rings (SSSR count). The van der Waals surface area contributed by atoms with Crippen LogP contribution in [0.1, 0.15) is 18.1 Å². The van der Waals surface area contributed by atoms with Gasteiger partial charge in [-0.15, -0.1) is 0 Å². The summed E-state index contributed by atoms with van der Waals surface area (Å²) in [5, 5.41) is 0.659. The van der Waals surface area contributed by atoms with Crippen molar-refractivity contribution in [2.75, 3.05) is 5.73 Å². The van der Waals surface area contributed by atoms with E-state index < -0.39 is 0 Å². The van der Waals surface area contributed by atoms with Gasteiger partial charge in [-0.2, -0.15) is 0 Å². The molecular formula is C10H12N2S. The fourth-order valence-electron chi connectivity index (χ4n) is 1.49. The quantitative estimate of drug-likeness (QED) is 0.754. The second-order valence-corrected chi connectivity index (χ2v) is 4.23. The maximum absolute atomic E-state index is 5.66. The molecule has 0 aliphatic heterocycles. The summed E-state index contributed by atoms with van der Waals surface area (Å²) in [6, 6.07) is 4.36. The van der Waals surface area contributed by atoms with Crippen molar-refractivity contribution >= 4 is 26.7 Å². The average molecular weight is 192 g/mol. The van der Waals surface area contributed by atoms with Crippen molar-refractivity contribution in [1.29, 1.82) is 0 Å². The molecule has 2 nitrogen and oxygen atoms in total. The molecule has 0 aliphatic carbocycles. The highest BCUT2D eigenvalue weighted by atomic mass is 32.1. The molecule has 0 unspecified atom stereocenters. The lowest BCUT2D eigenvalue weighted by molar-refractivity contribution is 1.14. The van der Waals surface area contributed by atoms with E-state index in [2.05, 4.69) is 31.0 Å². The Morgan fingerprint density at radius 3 is 2.92 bits per heavy atom. The summed E-state index contributed by atoms with van der Waals surface area (Å²) in [6.07, 6.45) is 1.06. The van der Waals surface area contributed by atoms with Crippen molar-refractivity contribution in [3.8, 4) is 0 Å². The molecule has 0 saturated carbocycles. The first-order chi connectivity index (χ1) is 6.20. The molecule has 0 atom stereocenters. The van der Waals surface area contributed by atoms with E-state index in [9.17, 15) is 0 Å². The number of aryl methyl sites for hydroxylation is 2. The predicted octanol–water partition coefficient (Wildman–Crippen LogP) is 2.75. The Balaban J connectivity index is 2.75. The second kappa shape index (κ2) is 3.00. The number of hydrogen-bond acceptors (Lipinski definition) is 3. The number of fused-ring (bicyclic) bond motifs is 1. The number of aromatic nitrogens is 1. The summed E-state index contributed by atoms with van der Waals surface area (Å²) in [5.41, 5.74) is 9.29. The molecule has 0 amide bonds. The van der Waals surface area contributed by atoms with Crippen LogP contribution in [0.25, 0.3) is 10.2 Å². The fraction of sp³-hybridized carbons (Fsp3) is 0.300. The van der Waals surface area contributed by atoms with Crippen LogP contribution >= 0.6 is 11.3 Å². The molecule has 1 heterocycles. The smallest absolute Gasteiger partial charge is 0.181 e. The van der Waals surface area contributed by atoms with E-state index in [0.717, 1.165) is 11.9 Å². The standard InChI is InChI=1S/C10H12N2S/c1-3-7-4-6(2)9-8(5-7)13-10(11)12-9/h4-5H,3H2,1-2H3,(H2,11,12). The predicted molar refractivity (Wildman–Crippen MR) is 58.1 cm³/mol. The summed E-state index contributed by atoms with van der Waals surface area (Å²) >= 11 is 1.56. The third kappa shape index (κ3) is 1.40. The van der Waals surface area contributed by atoms with E-state index in [-0.39, 0.29) is 0 Å². The van der Waals surface area contributed by atoms with Crippen molar-refractivity contribution < 1.29 is 0 Å². The molecule has 0 bridgehead atoms. The molecule has 68 valence electrons. The van der Waals surface area contributed by atoms with E-state index in [1.54, 1.807) is 11.3 Å². The normalized spacial score (nSPS) is 10.9. The lowest BCUT2D eigenvalue weighted by atomic mass is 10.1. The highest BCUT2D eigenvalue weighted by molar-refractivity contribution is 7.22. The largest absolute Gasteiger partial charge is 0.375 e. The maximum Gasteiger partial charge on any atom is 0.181 e. The lowest BCUT2D eigenvalue weighted by Gasteiger charge is -1.98. The molecule has 0 radical (unpaired) electrons. The molecule has 2 aromatic rings. The molecule has 0 saturated heterocycles. The number of nitrogens with two attached hydrogens (primary N) is 1. The van der Waals surface area contributed by atoms with E-state index in [1.807, 2.05) is 0 Å². The van der Waals surface area contributed by atoms with Gasteiger partial charge in [0.15, 0.2) is 5.13 Å². The second-order valence-electron chi connectivity index (χ2n) is 3.17. The highest BCUT2D eigenvalue weighted by Gasteiger charge is 2.04. The summed E-state index contributed by atoms with van der Waals surface area (Å²) in [7, 11) is 0. The van der Waals surface area contributed by atoms with Gasteiger partial charge in [0.1, 0.15) is 0 Å². The molecule has 3 heteroatoms. The van der Waals surface area contributed by atoms with E-state index in [0.29, 0.717) is 5.13 Å². The minimum atomic E-state index is 0.659. The number of hydrogen-bond donors (Lipinski definition) is 1. The zero-order valence-electron chi connectivity index (χ0n) is 7.79. The van der Waals surface area contributed by atoms with Gasteiger partial charge in [0, 0.05) is 0 Å². The fourth-order valence-corrected chi connectivity index (χ4v) is 2.37. The molecular weight excluding hydrogens is 180 g/mol. The topological polar surface area (TPSA) is 38.9 Å². The van der Waals surface area contributed by atoms with Gasteiger partial charge in [-0.05, 0) is 30.5 Å². The Kier molecular flexibility index (Phi) is 1.96. The van der Waals surface area contributed by atoms with Crippen LogP contribution in [0.5, 0.6) is 0 Å². The highest BCUT2D eigenvalue weighted by Crippen LogP contribution is 2.27. The molecule has 2 N–H and O–H groups in total. The summed E-state index contributed by atoms with van der Waals surface area (Å²) in [5.74, 6) is 0. The van der Waals surface area contributed by atoms with Crippen LogP contribution in [-0.2, 0) is 6.42 Å². The van der Waals surface area contributed by atoms with Gasteiger partial charge in [0.2, 0.25) is 0 Å². The van der Waals surface area contributed by atoms with Crippen molar-refractivity contribution in [3.63, 3.8) is 0 Å².